The molecule has 6 nitrogen and oxygen atoms in total. The monoisotopic (exact) mass is 347 g/mol. The third-order valence-electron chi connectivity index (χ3n) is 4.73. The van der Waals surface area contributed by atoms with E-state index in [1.807, 2.05) is 17.0 Å². The Hall–Kier alpha value is -2.05. The Balaban J connectivity index is 1.56. The zero-order valence-corrected chi connectivity index (χ0v) is 14.8. The van der Waals surface area contributed by atoms with E-state index in [0.29, 0.717) is 24.9 Å². The van der Waals surface area contributed by atoms with E-state index in [1.54, 1.807) is 32.4 Å². The van der Waals surface area contributed by atoms with Crippen molar-refractivity contribution in [2.75, 3.05) is 40.5 Å². The summed E-state index contributed by atoms with van der Waals surface area (Å²) in [6, 6.07) is 5.53. The molecule has 2 aliphatic rings. The highest BCUT2D eigenvalue weighted by atomic mass is 16.7. The highest BCUT2D eigenvalue weighted by molar-refractivity contribution is 5.92. The molecule has 0 atom stereocenters. The molecule has 3 rings (SSSR count). The second kappa shape index (κ2) is 8.36. The minimum absolute atomic E-state index is 0.0181. The molecule has 0 bridgehead atoms. The van der Waals surface area contributed by atoms with Gasteiger partial charge < -0.3 is 23.8 Å². The summed E-state index contributed by atoms with van der Waals surface area (Å²) in [6.45, 7) is 2.82. The SMILES string of the molecule is COc1ccc(/C=C/C(=O)N2CCC(C3OCCO3)CC2)c(OC)c1. The number of nitrogens with zero attached hydrogens (tertiary/aromatic N) is 1. The summed E-state index contributed by atoms with van der Waals surface area (Å²) in [6.07, 6.45) is 5.13. The first-order valence-electron chi connectivity index (χ1n) is 8.63. The lowest BCUT2D eigenvalue weighted by atomic mass is 9.96. The van der Waals surface area contributed by atoms with Crippen molar-refractivity contribution in [3.8, 4) is 11.5 Å². The summed E-state index contributed by atoms with van der Waals surface area (Å²) >= 11 is 0. The van der Waals surface area contributed by atoms with Crippen molar-refractivity contribution in [3.63, 3.8) is 0 Å². The van der Waals surface area contributed by atoms with Crippen molar-refractivity contribution < 1.29 is 23.7 Å². The first-order valence-corrected chi connectivity index (χ1v) is 8.63. The van der Waals surface area contributed by atoms with E-state index in [9.17, 15) is 4.79 Å². The van der Waals surface area contributed by atoms with Crippen LogP contribution >= 0.6 is 0 Å². The van der Waals surface area contributed by atoms with Crippen molar-refractivity contribution >= 4 is 12.0 Å². The van der Waals surface area contributed by atoms with Crippen LogP contribution in [0.3, 0.4) is 0 Å². The van der Waals surface area contributed by atoms with Crippen LogP contribution in [0.4, 0.5) is 0 Å². The van der Waals surface area contributed by atoms with Gasteiger partial charge in [-0.1, -0.05) is 0 Å². The molecule has 136 valence electrons. The van der Waals surface area contributed by atoms with E-state index < -0.39 is 0 Å². The number of hydrogen-bond donors (Lipinski definition) is 0. The summed E-state index contributed by atoms with van der Waals surface area (Å²) in [4.78, 5) is 14.3. The van der Waals surface area contributed by atoms with Crippen LogP contribution < -0.4 is 9.47 Å². The van der Waals surface area contributed by atoms with Crippen LogP contribution in [0.2, 0.25) is 0 Å². The van der Waals surface area contributed by atoms with Gasteiger partial charge in [0.05, 0.1) is 27.4 Å². The van der Waals surface area contributed by atoms with Crippen LogP contribution in [0.15, 0.2) is 24.3 Å². The molecule has 0 aliphatic carbocycles. The topological polar surface area (TPSA) is 57.2 Å². The van der Waals surface area contributed by atoms with Gasteiger partial charge in [-0.15, -0.1) is 0 Å². The number of carbonyl (C=O) groups is 1. The Kier molecular flexibility index (Phi) is 5.94. The quantitative estimate of drug-likeness (QED) is 0.765. The third-order valence-corrected chi connectivity index (χ3v) is 4.73. The molecule has 1 aromatic rings. The van der Waals surface area contributed by atoms with E-state index >= 15 is 0 Å². The standard InChI is InChI=1S/C19H25NO5/c1-22-16-5-3-14(17(13-16)23-2)4-6-18(21)20-9-7-15(8-10-20)19-24-11-12-25-19/h3-6,13,15,19H,7-12H2,1-2H3/b6-4+. The van der Waals surface area contributed by atoms with Crippen LogP contribution in [-0.4, -0.2) is 57.6 Å². The number of hydrogen-bond acceptors (Lipinski definition) is 5. The van der Waals surface area contributed by atoms with Gasteiger partial charge in [0.25, 0.3) is 0 Å². The van der Waals surface area contributed by atoms with E-state index in [2.05, 4.69) is 0 Å². The zero-order valence-electron chi connectivity index (χ0n) is 14.8. The van der Waals surface area contributed by atoms with E-state index in [0.717, 1.165) is 37.2 Å². The van der Waals surface area contributed by atoms with Crippen molar-refractivity contribution in [2.45, 2.75) is 19.1 Å². The summed E-state index contributed by atoms with van der Waals surface area (Å²) in [5, 5.41) is 0. The minimum atomic E-state index is -0.0867. The fraction of sp³-hybridized carbons (Fsp3) is 0.526. The molecule has 25 heavy (non-hydrogen) atoms. The minimum Gasteiger partial charge on any atom is -0.497 e. The summed E-state index contributed by atoms with van der Waals surface area (Å²) in [5.41, 5.74) is 0.847. The Bertz CT molecular complexity index is 616. The predicted molar refractivity (Wildman–Crippen MR) is 93.6 cm³/mol. The van der Waals surface area contributed by atoms with Gasteiger partial charge in [0.1, 0.15) is 11.5 Å². The predicted octanol–water partition coefficient (Wildman–Crippen LogP) is 2.33. The van der Waals surface area contributed by atoms with Crippen LogP contribution in [0.25, 0.3) is 6.08 Å². The second-order valence-corrected chi connectivity index (χ2v) is 6.21. The molecule has 2 aliphatic heterocycles. The summed E-state index contributed by atoms with van der Waals surface area (Å²) < 4.78 is 21.7. The van der Waals surface area contributed by atoms with Gasteiger partial charge in [-0.25, -0.2) is 0 Å². The molecular weight excluding hydrogens is 322 g/mol. The van der Waals surface area contributed by atoms with E-state index in [-0.39, 0.29) is 12.2 Å². The van der Waals surface area contributed by atoms with Gasteiger partial charge in [0.2, 0.25) is 5.91 Å². The van der Waals surface area contributed by atoms with Gasteiger partial charge in [-0.2, -0.15) is 0 Å². The third kappa shape index (κ3) is 4.32. The Morgan fingerprint density at radius 1 is 1.16 bits per heavy atom. The lowest BCUT2D eigenvalue weighted by Gasteiger charge is -2.33. The Morgan fingerprint density at radius 3 is 2.52 bits per heavy atom. The molecule has 6 heteroatoms. The van der Waals surface area contributed by atoms with Crippen LogP contribution in [0.5, 0.6) is 11.5 Å². The fourth-order valence-electron chi connectivity index (χ4n) is 3.26. The number of rotatable bonds is 5. The van der Waals surface area contributed by atoms with Gasteiger partial charge >= 0.3 is 0 Å². The van der Waals surface area contributed by atoms with Gasteiger partial charge in [-0.05, 0) is 31.1 Å². The highest BCUT2D eigenvalue weighted by Gasteiger charge is 2.31. The van der Waals surface area contributed by atoms with Gasteiger partial charge in [-0.3, -0.25) is 4.79 Å². The Labute approximate surface area is 148 Å². The van der Waals surface area contributed by atoms with Crippen LogP contribution in [-0.2, 0) is 14.3 Å². The molecule has 0 aromatic heterocycles. The van der Waals surface area contributed by atoms with E-state index in [1.165, 1.54) is 0 Å². The number of amides is 1. The fourth-order valence-corrected chi connectivity index (χ4v) is 3.26. The number of piperidine rings is 1. The zero-order chi connectivity index (χ0) is 17.6. The maximum absolute atomic E-state index is 12.4. The van der Waals surface area contributed by atoms with Crippen LogP contribution in [0.1, 0.15) is 18.4 Å². The molecule has 2 saturated heterocycles. The smallest absolute Gasteiger partial charge is 0.246 e. The largest absolute Gasteiger partial charge is 0.497 e. The first-order chi connectivity index (χ1) is 12.2. The molecule has 0 spiro atoms. The number of ether oxygens (including phenoxy) is 4. The van der Waals surface area contributed by atoms with Crippen molar-refractivity contribution in [1.29, 1.82) is 0 Å². The molecule has 1 aromatic carbocycles. The maximum Gasteiger partial charge on any atom is 0.246 e. The molecular formula is C19H25NO5. The number of carbonyl (C=O) groups excluding carboxylic acids is 1. The molecule has 0 N–H and O–H groups in total. The molecule has 2 heterocycles. The molecule has 0 radical (unpaired) electrons. The normalized spacial score (nSPS) is 19.5. The highest BCUT2D eigenvalue weighted by Crippen LogP contribution is 2.27. The average molecular weight is 347 g/mol. The van der Waals surface area contributed by atoms with Crippen molar-refractivity contribution in [2.24, 2.45) is 5.92 Å². The van der Waals surface area contributed by atoms with Gasteiger partial charge in [0, 0.05) is 36.7 Å². The molecule has 1 amide bonds. The molecule has 2 fully saturated rings. The average Bonchev–Trinajstić information content (AvgIpc) is 3.20. The van der Waals surface area contributed by atoms with E-state index in [4.69, 9.17) is 18.9 Å². The van der Waals surface area contributed by atoms with Crippen molar-refractivity contribution in [1.82, 2.24) is 4.90 Å². The Morgan fingerprint density at radius 2 is 1.88 bits per heavy atom. The van der Waals surface area contributed by atoms with Crippen molar-refractivity contribution in [3.05, 3.63) is 29.8 Å². The van der Waals surface area contributed by atoms with Crippen LogP contribution in [0, 0.1) is 5.92 Å². The lowest BCUT2D eigenvalue weighted by molar-refractivity contribution is -0.131. The first kappa shape index (κ1) is 17.8. The number of likely N-dealkylation sites (tertiary alicyclic amines) is 1. The second-order valence-electron chi connectivity index (χ2n) is 6.21. The molecule has 0 saturated carbocycles. The summed E-state index contributed by atoms with van der Waals surface area (Å²) in [5.74, 6) is 1.80. The van der Waals surface area contributed by atoms with Gasteiger partial charge in [0.15, 0.2) is 6.29 Å². The maximum atomic E-state index is 12.4. The number of methoxy groups -OCH3 is 2. The summed E-state index contributed by atoms with van der Waals surface area (Å²) in [7, 11) is 3.21. The number of benzene rings is 1. The molecule has 0 unspecified atom stereocenters. The lowest BCUT2D eigenvalue weighted by Crippen LogP contribution is -2.40.